The standard InChI is InChI=1S/C21H28N4O9S/c1-33-20(29)10-16(8-9-35(2,31)32)25-19(28)13-23-17(26)11-22-18(27)12-24-21(30)34-14-15-6-4-3-5-7-15/h3-9,16H,10-14H2,1-2H3,(H,22,27)(H,23,26)(H,24,30)(H,25,28)/b9-8+. The van der Waals surface area contributed by atoms with Crippen LogP contribution in [0.1, 0.15) is 12.0 Å². The molecule has 192 valence electrons. The highest BCUT2D eigenvalue weighted by atomic mass is 32.2. The number of amides is 4. The van der Waals surface area contributed by atoms with Crippen LogP contribution in [0, 0.1) is 0 Å². The lowest BCUT2D eigenvalue weighted by molar-refractivity contribution is -0.141. The smallest absolute Gasteiger partial charge is 0.407 e. The Labute approximate surface area is 202 Å². The first-order valence-electron chi connectivity index (χ1n) is 10.2. The maximum atomic E-state index is 12.0. The molecule has 14 heteroatoms. The Bertz CT molecular complexity index is 1030. The van der Waals surface area contributed by atoms with Crippen molar-refractivity contribution in [3.8, 4) is 0 Å². The molecule has 4 amide bonds. The Hall–Kier alpha value is -3.94. The third kappa shape index (κ3) is 14.7. The topological polar surface area (TPSA) is 186 Å². The van der Waals surface area contributed by atoms with Crippen molar-refractivity contribution in [3.63, 3.8) is 0 Å². The molecule has 0 fully saturated rings. The van der Waals surface area contributed by atoms with Crippen molar-refractivity contribution in [2.24, 2.45) is 0 Å². The molecule has 0 aromatic heterocycles. The largest absolute Gasteiger partial charge is 0.469 e. The van der Waals surface area contributed by atoms with E-state index in [2.05, 4.69) is 26.0 Å². The molecule has 0 radical (unpaired) electrons. The lowest BCUT2D eigenvalue weighted by atomic mass is 10.2. The molecule has 35 heavy (non-hydrogen) atoms. The van der Waals surface area contributed by atoms with Crippen LogP contribution < -0.4 is 21.3 Å². The second kappa shape index (κ2) is 15.1. The van der Waals surface area contributed by atoms with Crippen molar-refractivity contribution in [3.05, 3.63) is 47.4 Å². The molecular weight excluding hydrogens is 484 g/mol. The predicted octanol–water partition coefficient (Wildman–Crippen LogP) is -1.25. The zero-order valence-electron chi connectivity index (χ0n) is 19.2. The number of ether oxygens (including phenoxy) is 2. The molecular formula is C21H28N4O9S. The fourth-order valence-electron chi connectivity index (χ4n) is 2.33. The number of nitrogens with one attached hydrogen (secondary N) is 4. The number of hydrogen-bond acceptors (Lipinski definition) is 9. The second-order valence-corrected chi connectivity index (χ2v) is 9.01. The average molecular weight is 513 g/mol. The minimum atomic E-state index is -3.49. The van der Waals surface area contributed by atoms with Crippen LogP contribution in [-0.4, -0.2) is 77.2 Å². The monoisotopic (exact) mass is 512 g/mol. The Kier molecular flexibility index (Phi) is 12.5. The van der Waals surface area contributed by atoms with Crippen molar-refractivity contribution in [2.45, 2.75) is 19.1 Å². The molecule has 13 nitrogen and oxygen atoms in total. The highest BCUT2D eigenvalue weighted by molar-refractivity contribution is 7.93. The van der Waals surface area contributed by atoms with Crippen molar-refractivity contribution in [1.82, 2.24) is 21.3 Å². The number of alkyl carbamates (subject to hydrolysis) is 1. The number of carbonyl (C=O) groups is 5. The first kappa shape index (κ1) is 29.1. The van der Waals surface area contributed by atoms with E-state index in [1.165, 1.54) is 0 Å². The van der Waals surface area contributed by atoms with E-state index < -0.39 is 65.3 Å². The fourth-order valence-corrected chi connectivity index (χ4v) is 2.81. The van der Waals surface area contributed by atoms with Crippen molar-refractivity contribution in [1.29, 1.82) is 0 Å². The Morgan fingerprint density at radius 1 is 0.914 bits per heavy atom. The number of hydrogen-bond donors (Lipinski definition) is 4. The van der Waals surface area contributed by atoms with Crippen LogP contribution in [0.2, 0.25) is 0 Å². The molecule has 0 aliphatic rings. The number of sulfone groups is 1. The van der Waals surface area contributed by atoms with Gasteiger partial charge < -0.3 is 30.7 Å². The van der Waals surface area contributed by atoms with E-state index in [1.54, 1.807) is 24.3 Å². The summed E-state index contributed by atoms with van der Waals surface area (Å²) in [6.07, 6.45) is 0.929. The van der Waals surface area contributed by atoms with Gasteiger partial charge in [0.05, 0.1) is 32.7 Å². The molecule has 4 N–H and O–H groups in total. The summed E-state index contributed by atoms with van der Waals surface area (Å²) in [5.74, 6) is -2.75. The Morgan fingerprint density at radius 3 is 2.06 bits per heavy atom. The summed E-state index contributed by atoms with van der Waals surface area (Å²) in [7, 11) is -2.36. The van der Waals surface area contributed by atoms with Gasteiger partial charge in [0.15, 0.2) is 9.84 Å². The molecule has 0 saturated heterocycles. The van der Waals surface area contributed by atoms with E-state index >= 15 is 0 Å². The molecule has 0 saturated carbocycles. The third-order valence-corrected chi connectivity index (χ3v) is 4.67. The van der Waals surface area contributed by atoms with E-state index in [1.807, 2.05) is 6.07 Å². The van der Waals surface area contributed by atoms with Gasteiger partial charge >= 0.3 is 12.1 Å². The van der Waals surface area contributed by atoms with Gasteiger partial charge in [-0.1, -0.05) is 36.4 Å². The van der Waals surface area contributed by atoms with Gasteiger partial charge in [0, 0.05) is 11.7 Å². The van der Waals surface area contributed by atoms with E-state index in [-0.39, 0.29) is 13.0 Å². The molecule has 1 rings (SSSR count). The summed E-state index contributed by atoms with van der Waals surface area (Å²) in [4.78, 5) is 58.7. The van der Waals surface area contributed by atoms with Gasteiger partial charge in [-0.15, -0.1) is 0 Å². The maximum absolute atomic E-state index is 12.0. The number of methoxy groups -OCH3 is 1. The number of carbonyl (C=O) groups excluding carboxylic acids is 5. The molecule has 1 atom stereocenters. The number of esters is 1. The molecule has 0 spiro atoms. The summed E-state index contributed by atoms with van der Waals surface area (Å²) in [5.41, 5.74) is 0.774. The van der Waals surface area contributed by atoms with Gasteiger partial charge in [-0.3, -0.25) is 19.2 Å². The molecule has 0 aliphatic heterocycles. The second-order valence-electron chi connectivity index (χ2n) is 7.08. The van der Waals surface area contributed by atoms with Crippen molar-refractivity contribution >= 4 is 39.6 Å². The maximum Gasteiger partial charge on any atom is 0.407 e. The molecule has 1 aromatic rings. The van der Waals surface area contributed by atoms with Gasteiger partial charge in [-0.05, 0) is 5.56 Å². The minimum absolute atomic E-state index is 0.0310. The number of rotatable bonds is 13. The van der Waals surface area contributed by atoms with Crippen LogP contribution >= 0.6 is 0 Å². The highest BCUT2D eigenvalue weighted by Crippen LogP contribution is 2.00. The normalized spacial score (nSPS) is 11.7. The van der Waals surface area contributed by atoms with E-state index in [4.69, 9.17) is 4.74 Å². The molecule has 0 heterocycles. The van der Waals surface area contributed by atoms with Gasteiger partial charge in [0.25, 0.3) is 0 Å². The average Bonchev–Trinajstić information content (AvgIpc) is 2.82. The Morgan fingerprint density at radius 2 is 1.49 bits per heavy atom. The zero-order chi connectivity index (χ0) is 26.3. The van der Waals surface area contributed by atoms with Crippen LogP contribution in [0.3, 0.4) is 0 Å². The van der Waals surface area contributed by atoms with Crippen LogP contribution in [0.5, 0.6) is 0 Å². The quantitative estimate of drug-likeness (QED) is 0.234. The SMILES string of the molecule is COC(=O)CC(/C=C/S(C)(=O)=O)NC(=O)CNC(=O)CNC(=O)CNC(=O)OCc1ccccc1. The lowest BCUT2D eigenvalue weighted by Gasteiger charge is -2.14. The lowest BCUT2D eigenvalue weighted by Crippen LogP contribution is -2.46. The summed E-state index contributed by atoms with van der Waals surface area (Å²) >= 11 is 0. The fraction of sp³-hybridized carbons (Fsp3) is 0.381. The summed E-state index contributed by atoms with van der Waals surface area (Å²) in [6.45, 7) is -1.36. The van der Waals surface area contributed by atoms with Gasteiger partial charge in [-0.2, -0.15) is 0 Å². The molecule has 0 bridgehead atoms. The Balaban J connectivity index is 2.32. The van der Waals surface area contributed by atoms with E-state index in [0.29, 0.717) is 0 Å². The van der Waals surface area contributed by atoms with Crippen molar-refractivity contribution in [2.75, 3.05) is 33.0 Å². The van der Waals surface area contributed by atoms with Gasteiger partial charge in [0.2, 0.25) is 17.7 Å². The highest BCUT2D eigenvalue weighted by Gasteiger charge is 2.16. The van der Waals surface area contributed by atoms with Gasteiger partial charge in [-0.25, -0.2) is 13.2 Å². The van der Waals surface area contributed by atoms with E-state index in [0.717, 1.165) is 30.4 Å². The molecule has 1 unspecified atom stereocenters. The first-order valence-corrected chi connectivity index (χ1v) is 12.2. The van der Waals surface area contributed by atoms with Crippen LogP contribution in [0.25, 0.3) is 0 Å². The summed E-state index contributed by atoms with van der Waals surface area (Å²) in [5, 5.41) is 9.95. The summed E-state index contributed by atoms with van der Waals surface area (Å²) in [6, 6.07) is 7.95. The summed E-state index contributed by atoms with van der Waals surface area (Å²) < 4.78 is 32.0. The minimum Gasteiger partial charge on any atom is -0.469 e. The number of benzene rings is 1. The first-order chi connectivity index (χ1) is 16.5. The van der Waals surface area contributed by atoms with Crippen molar-refractivity contribution < 1.29 is 41.9 Å². The molecule has 0 aliphatic carbocycles. The predicted molar refractivity (Wildman–Crippen MR) is 123 cm³/mol. The van der Waals surface area contributed by atoms with Crippen LogP contribution in [-0.2, 0) is 45.1 Å². The third-order valence-electron chi connectivity index (χ3n) is 4.02. The molecule has 1 aromatic carbocycles. The van der Waals surface area contributed by atoms with E-state index in [9.17, 15) is 32.4 Å². The zero-order valence-corrected chi connectivity index (χ0v) is 20.1. The van der Waals surface area contributed by atoms with Crippen LogP contribution in [0.15, 0.2) is 41.8 Å². The van der Waals surface area contributed by atoms with Crippen LogP contribution in [0.4, 0.5) is 4.79 Å². The van der Waals surface area contributed by atoms with Gasteiger partial charge in [0.1, 0.15) is 13.2 Å².